The number of carbonyl (C=O) groups is 2. The van der Waals surface area contributed by atoms with Crippen LogP contribution in [0.4, 0.5) is 10.5 Å². The van der Waals surface area contributed by atoms with Crippen LogP contribution in [0.5, 0.6) is 0 Å². The molecule has 0 atom stereocenters. The van der Waals surface area contributed by atoms with E-state index in [1.165, 1.54) is 18.2 Å². The number of carboxylic acid groups (broad SMARTS) is 1. The van der Waals surface area contributed by atoms with Crippen LogP contribution in [0.15, 0.2) is 18.2 Å². The number of nitrogens with one attached hydrogen (secondary N) is 2. The topological polar surface area (TPSA) is 78.4 Å². The van der Waals surface area contributed by atoms with Gasteiger partial charge in [0.05, 0.1) is 11.3 Å². The van der Waals surface area contributed by atoms with E-state index in [1.807, 2.05) is 6.92 Å². The van der Waals surface area contributed by atoms with Gasteiger partial charge >= 0.3 is 12.0 Å². The van der Waals surface area contributed by atoms with Gasteiger partial charge in [0.1, 0.15) is 0 Å². The summed E-state index contributed by atoms with van der Waals surface area (Å²) in [6.07, 6.45) is 2.96. The zero-order chi connectivity index (χ0) is 14.0. The van der Waals surface area contributed by atoms with Crippen molar-refractivity contribution in [2.24, 2.45) is 0 Å². The maximum Gasteiger partial charge on any atom is 0.337 e. The minimum Gasteiger partial charge on any atom is -0.478 e. The summed E-state index contributed by atoms with van der Waals surface area (Å²) in [5, 5.41) is 14.8. The quantitative estimate of drug-likeness (QED) is 0.797. The SMILES string of the molecule is CC1(NC(=O)Nc2cc(Cl)ccc2C(=O)O)CCC1. The lowest BCUT2D eigenvalue weighted by molar-refractivity contribution is 0.0698. The van der Waals surface area contributed by atoms with E-state index in [4.69, 9.17) is 16.7 Å². The van der Waals surface area contributed by atoms with Crippen LogP contribution in [0.25, 0.3) is 0 Å². The van der Waals surface area contributed by atoms with E-state index in [-0.39, 0.29) is 16.8 Å². The first-order chi connectivity index (χ1) is 8.89. The highest BCUT2D eigenvalue weighted by atomic mass is 35.5. The maximum atomic E-state index is 11.8. The van der Waals surface area contributed by atoms with Gasteiger partial charge < -0.3 is 15.7 Å². The Morgan fingerprint density at radius 1 is 1.37 bits per heavy atom. The molecule has 0 bridgehead atoms. The minimum absolute atomic E-state index is 0.0123. The van der Waals surface area contributed by atoms with Gasteiger partial charge in [-0.3, -0.25) is 0 Å². The number of carboxylic acids is 1. The maximum absolute atomic E-state index is 11.8. The Kier molecular flexibility index (Phi) is 3.66. The lowest BCUT2D eigenvalue weighted by atomic mass is 9.79. The van der Waals surface area contributed by atoms with E-state index in [0.29, 0.717) is 5.02 Å². The zero-order valence-corrected chi connectivity index (χ0v) is 11.3. The van der Waals surface area contributed by atoms with Gasteiger partial charge in [0.15, 0.2) is 0 Å². The molecule has 1 fully saturated rings. The first-order valence-corrected chi connectivity index (χ1v) is 6.39. The molecule has 2 amide bonds. The van der Waals surface area contributed by atoms with Crippen LogP contribution in [-0.2, 0) is 0 Å². The van der Waals surface area contributed by atoms with Gasteiger partial charge in [0.2, 0.25) is 0 Å². The molecule has 0 spiro atoms. The number of halogens is 1. The van der Waals surface area contributed by atoms with Gasteiger partial charge in [0, 0.05) is 10.6 Å². The second kappa shape index (κ2) is 5.09. The molecule has 5 nitrogen and oxygen atoms in total. The lowest BCUT2D eigenvalue weighted by Gasteiger charge is -2.39. The largest absolute Gasteiger partial charge is 0.478 e. The van der Waals surface area contributed by atoms with Crippen molar-refractivity contribution in [3.05, 3.63) is 28.8 Å². The van der Waals surface area contributed by atoms with Gasteiger partial charge in [-0.15, -0.1) is 0 Å². The molecule has 0 aromatic heterocycles. The molecule has 102 valence electrons. The summed E-state index contributed by atoms with van der Waals surface area (Å²) in [6, 6.07) is 3.85. The first-order valence-electron chi connectivity index (χ1n) is 6.02. The molecule has 1 aliphatic rings. The Hall–Kier alpha value is -1.75. The molecule has 1 aromatic rings. The summed E-state index contributed by atoms with van der Waals surface area (Å²) in [5.41, 5.74) is 0.0187. The van der Waals surface area contributed by atoms with Crippen LogP contribution in [0.3, 0.4) is 0 Å². The molecular weight excluding hydrogens is 268 g/mol. The van der Waals surface area contributed by atoms with Crippen LogP contribution in [0.2, 0.25) is 5.02 Å². The number of rotatable bonds is 3. The number of urea groups is 1. The van der Waals surface area contributed by atoms with Gasteiger partial charge in [-0.1, -0.05) is 11.6 Å². The van der Waals surface area contributed by atoms with Crippen molar-refractivity contribution in [3.63, 3.8) is 0 Å². The number of carbonyl (C=O) groups excluding carboxylic acids is 1. The second-order valence-electron chi connectivity index (χ2n) is 4.99. The molecule has 0 saturated heterocycles. The highest BCUT2D eigenvalue weighted by Crippen LogP contribution is 2.31. The molecule has 6 heteroatoms. The third-order valence-corrected chi connectivity index (χ3v) is 3.57. The fourth-order valence-corrected chi connectivity index (χ4v) is 2.24. The molecule has 19 heavy (non-hydrogen) atoms. The zero-order valence-electron chi connectivity index (χ0n) is 10.5. The van der Waals surface area contributed by atoms with E-state index in [1.54, 1.807) is 0 Å². The van der Waals surface area contributed by atoms with Crippen molar-refractivity contribution in [2.45, 2.75) is 31.7 Å². The summed E-state index contributed by atoms with van der Waals surface area (Å²) in [5.74, 6) is -1.11. The molecule has 1 aliphatic carbocycles. The van der Waals surface area contributed by atoms with Crippen molar-refractivity contribution < 1.29 is 14.7 Å². The summed E-state index contributed by atoms with van der Waals surface area (Å²) < 4.78 is 0. The van der Waals surface area contributed by atoms with Crippen molar-refractivity contribution in [2.75, 3.05) is 5.32 Å². The standard InChI is InChI=1S/C13H15ClN2O3/c1-13(5-2-6-13)16-12(19)15-10-7-8(14)3-4-9(10)11(17)18/h3-4,7H,2,5-6H2,1H3,(H,17,18)(H2,15,16,19). The van der Waals surface area contributed by atoms with Crippen LogP contribution < -0.4 is 10.6 Å². The monoisotopic (exact) mass is 282 g/mol. The van der Waals surface area contributed by atoms with Gasteiger partial charge in [-0.05, 0) is 44.4 Å². The molecule has 0 radical (unpaired) electrons. The number of anilines is 1. The van der Waals surface area contributed by atoms with Crippen molar-refractivity contribution in [1.82, 2.24) is 5.32 Å². The molecule has 2 rings (SSSR count). The molecule has 0 aliphatic heterocycles. The van der Waals surface area contributed by atoms with Gasteiger partial charge in [-0.2, -0.15) is 0 Å². The highest BCUT2D eigenvalue weighted by molar-refractivity contribution is 6.31. The average molecular weight is 283 g/mol. The fraction of sp³-hybridized carbons (Fsp3) is 0.385. The molecule has 1 aromatic carbocycles. The minimum atomic E-state index is -1.11. The van der Waals surface area contributed by atoms with Crippen LogP contribution in [0.1, 0.15) is 36.5 Å². The summed E-state index contributed by atoms with van der Waals surface area (Å²) in [7, 11) is 0. The smallest absolute Gasteiger partial charge is 0.337 e. The molecule has 1 saturated carbocycles. The van der Waals surface area contributed by atoms with E-state index < -0.39 is 12.0 Å². The Morgan fingerprint density at radius 2 is 2.05 bits per heavy atom. The summed E-state index contributed by atoms with van der Waals surface area (Å²) in [6.45, 7) is 1.96. The Labute approximate surface area is 116 Å². The van der Waals surface area contributed by atoms with E-state index in [9.17, 15) is 9.59 Å². The Balaban J connectivity index is 2.11. The van der Waals surface area contributed by atoms with Gasteiger partial charge in [-0.25, -0.2) is 9.59 Å². The number of hydrogen-bond acceptors (Lipinski definition) is 2. The predicted octanol–water partition coefficient (Wildman–Crippen LogP) is 3.10. The number of amides is 2. The summed E-state index contributed by atoms with van der Waals surface area (Å²) >= 11 is 5.81. The van der Waals surface area contributed by atoms with E-state index in [0.717, 1.165) is 19.3 Å². The fourth-order valence-electron chi connectivity index (χ4n) is 2.07. The normalized spacial score (nSPS) is 16.3. The Morgan fingerprint density at radius 3 is 2.58 bits per heavy atom. The van der Waals surface area contributed by atoms with E-state index >= 15 is 0 Å². The van der Waals surface area contributed by atoms with Crippen LogP contribution in [0, 0.1) is 0 Å². The van der Waals surface area contributed by atoms with Crippen molar-refractivity contribution in [1.29, 1.82) is 0 Å². The molecule has 0 unspecified atom stereocenters. The number of aromatic carboxylic acids is 1. The molecule has 0 heterocycles. The van der Waals surface area contributed by atoms with Gasteiger partial charge in [0.25, 0.3) is 0 Å². The van der Waals surface area contributed by atoms with Crippen molar-refractivity contribution in [3.8, 4) is 0 Å². The van der Waals surface area contributed by atoms with Crippen LogP contribution >= 0.6 is 11.6 Å². The molecular formula is C13H15ClN2O3. The number of hydrogen-bond donors (Lipinski definition) is 3. The van der Waals surface area contributed by atoms with E-state index in [2.05, 4.69) is 10.6 Å². The Bertz CT molecular complexity index is 527. The van der Waals surface area contributed by atoms with Crippen LogP contribution in [-0.4, -0.2) is 22.6 Å². The highest BCUT2D eigenvalue weighted by Gasteiger charge is 2.33. The third kappa shape index (κ3) is 3.17. The summed E-state index contributed by atoms with van der Waals surface area (Å²) in [4.78, 5) is 22.9. The predicted molar refractivity (Wildman–Crippen MR) is 72.8 cm³/mol. The third-order valence-electron chi connectivity index (χ3n) is 3.33. The second-order valence-corrected chi connectivity index (χ2v) is 5.42. The average Bonchev–Trinajstić information content (AvgIpc) is 2.26. The first kappa shape index (κ1) is 13.7. The van der Waals surface area contributed by atoms with Crippen molar-refractivity contribution >= 4 is 29.3 Å². The number of benzene rings is 1. The lowest BCUT2D eigenvalue weighted by Crippen LogP contribution is -2.52. The molecule has 3 N–H and O–H groups in total.